The van der Waals surface area contributed by atoms with Crippen molar-refractivity contribution in [2.45, 2.75) is 65.3 Å². The summed E-state index contributed by atoms with van der Waals surface area (Å²) in [6.07, 6.45) is 5.61. The third kappa shape index (κ3) is 9.55. The number of benzene rings is 2. The second kappa shape index (κ2) is 13.5. The number of carbonyl (C=O) groups is 1. The molecule has 29 heavy (non-hydrogen) atoms. The first-order valence-electron chi connectivity index (χ1n) is 10.4. The van der Waals surface area contributed by atoms with Gasteiger partial charge in [0.25, 0.3) is 0 Å². The molecule has 1 unspecified atom stereocenters. The monoisotopic (exact) mass is 423 g/mol. The van der Waals surface area contributed by atoms with Crippen LogP contribution in [-0.4, -0.2) is 22.3 Å². The Bertz CT molecular complexity index is 784. The van der Waals surface area contributed by atoms with Crippen LogP contribution in [0.2, 0.25) is 0 Å². The Kier molecular flexibility index (Phi) is 11.8. The zero-order valence-corrected chi connectivity index (χ0v) is 18.5. The Morgan fingerprint density at radius 3 is 2.38 bits per heavy atom. The molecule has 0 aromatic heterocycles. The van der Waals surface area contributed by atoms with Gasteiger partial charge < -0.3 is 15.1 Å². The summed E-state index contributed by atoms with van der Waals surface area (Å²) >= 11 is 0. The van der Waals surface area contributed by atoms with Crippen molar-refractivity contribution in [1.29, 1.82) is 0 Å². The minimum Gasteiger partial charge on any atom is -0.347 e. The second-order valence-electron chi connectivity index (χ2n) is 6.64. The molecule has 0 aliphatic rings. The molecule has 2 aromatic carbocycles. The topological polar surface area (TPSA) is 95.9 Å². The summed E-state index contributed by atoms with van der Waals surface area (Å²) in [5.41, 5.74) is 0.779. The summed E-state index contributed by atoms with van der Waals surface area (Å²) < 4.78 is 15.9. The van der Waals surface area contributed by atoms with Crippen molar-refractivity contribution in [1.82, 2.24) is 5.32 Å². The van der Waals surface area contributed by atoms with E-state index in [2.05, 4.69) is 12.2 Å². The molecule has 0 heterocycles. The van der Waals surface area contributed by atoms with Gasteiger partial charge in [-0.3, -0.25) is 9.32 Å². The van der Waals surface area contributed by atoms with Gasteiger partial charge in [-0.15, -0.1) is 0 Å². The Morgan fingerprint density at radius 2 is 1.69 bits per heavy atom. The predicted molar refractivity (Wildman–Crippen MR) is 118 cm³/mol. The van der Waals surface area contributed by atoms with Crippen LogP contribution >= 0.6 is 7.82 Å². The molecule has 162 valence electrons. The molecule has 0 saturated heterocycles. The van der Waals surface area contributed by atoms with Gasteiger partial charge >= 0.3 is 7.82 Å². The van der Waals surface area contributed by atoms with Crippen LogP contribution in [0.15, 0.2) is 42.5 Å². The highest BCUT2D eigenvalue weighted by Crippen LogP contribution is 2.37. The molecule has 6 nitrogen and oxygen atoms in total. The average Bonchev–Trinajstić information content (AvgIpc) is 2.71. The maximum absolute atomic E-state index is 12.4. The molecule has 0 saturated carbocycles. The molecular weight excluding hydrogens is 389 g/mol. The van der Waals surface area contributed by atoms with E-state index in [9.17, 15) is 9.36 Å². The van der Waals surface area contributed by atoms with E-state index < -0.39 is 13.9 Å². The van der Waals surface area contributed by atoms with Crippen LogP contribution in [0.3, 0.4) is 0 Å². The molecule has 7 heteroatoms. The quantitative estimate of drug-likeness (QED) is 0.328. The lowest BCUT2D eigenvalue weighted by molar-refractivity contribution is -0.122. The summed E-state index contributed by atoms with van der Waals surface area (Å²) in [5.74, 6) is -0.140. The molecule has 0 spiro atoms. The molecule has 0 bridgehead atoms. The van der Waals surface area contributed by atoms with Gasteiger partial charge in [0.2, 0.25) is 5.91 Å². The van der Waals surface area contributed by atoms with Crippen molar-refractivity contribution in [2.24, 2.45) is 0 Å². The lowest BCUT2D eigenvalue weighted by Gasteiger charge is -2.21. The number of hydrogen-bond donors (Lipinski definition) is 3. The zero-order valence-electron chi connectivity index (χ0n) is 17.6. The minimum atomic E-state index is -4.63. The van der Waals surface area contributed by atoms with Gasteiger partial charge in [0.1, 0.15) is 0 Å². The van der Waals surface area contributed by atoms with Gasteiger partial charge in [0.05, 0.1) is 12.6 Å². The number of amides is 1. The van der Waals surface area contributed by atoms with Crippen LogP contribution in [0.5, 0.6) is 0 Å². The van der Waals surface area contributed by atoms with Gasteiger partial charge in [-0.1, -0.05) is 88.9 Å². The van der Waals surface area contributed by atoms with Gasteiger partial charge in [0, 0.05) is 6.42 Å². The molecule has 0 aliphatic carbocycles. The van der Waals surface area contributed by atoms with Crippen LogP contribution in [0.1, 0.15) is 70.9 Å². The number of phosphoric ester groups is 1. The summed E-state index contributed by atoms with van der Waals surface area (Å²) in [5, 5.41) is 4.79. The van der Waals surface area contributed by atoms with Gasteiger partial charge in [-0.25, -0.2) is 4.57 Å². The van der Waals surface area contributed by atoms with E-state index in [-0.39, 0.29) is 12.5 Å². The maximum atomic E-state index is 12.4. The molecular formula is C22H34NO5P. The molecule has 1 atom stereocenters. The van der Waals surface area contributed by atoms with Crippen molar-refractivity contribution in [3.63, 3.8) is 0 Å². The summed E-state index contributed by atoms with van der Waals surface area (Å²) in [6, 6.07) is 12.7. The smallest absolute Gasteiger partial charge is 0.347 e. The Labute approximate surface area is 173 Å². The highest BCUT2D eigenvalue weighted by Gasteiger charge is 2.22. The van der Waals surface area contributed by atoms with Crippen molar-refractivity contribution in [3.8, 4) is 0 Å². The Morgan fingerprint density at radius 1 is 1.03 bits per heavy atom. The number of fused-ring (bicyclic) bond motifs is 1. The first-order valence-corrected chi connectivity index (χ1v) is 11.9. The normalized spacial score (nSPS) is 12.2. The molecule has 0 radical (unpaired) electrons. The van der Waals surface area contributed by atoms with Gasteiger partial charge in [-0.05, 0) is 22.8 Å². The number of hydrogen-bond acceptors (Lipinski definition) is 3. The third-order valence-corrected chi connectivity index (χ3v) is 4.94. The fraction of sp³-hybridized carbons (Fsp3) is 0.500. The third-order valence-electron chi connectivity index (χ3n) is 4.45. The van der Waals surface area contributed by atoms with Gasteiger partial charge in [0.15, 0.2) is 0 Å². The number of unbranched alkanes of at least 4 members (excludes halogenated alkanes) is 4. The van der Waals surface area contributed by atoms with Crippen LogP contribution in [-0.2, 0) is 13.9 Å². The minimum absolute atomic E-state index is 0.140. The van der Waals surface area contributed by atoms with E-state index in [1.165, 1.54) is 0 Å². The first kappa shape index (κ1) is 25.3. The lowest BCUT2D eigenvalue weighted by atomic mass is 9.99. The van der Waals surface area contributed by atoms with E-state index in [1.54, 1.807) is 0 Å². The highest BCUT2D eigenvalue weighted by atomic mass is 31.2. The average molecular weight is 423 g/mol. The van der Waals surface area contributed by atoms with Crippen LogP contribution in [0, 0.1) is 0 Å². The standard InChI is InChI=1S/C20H28NO5P.C2H6/c1-2-3-4-5-6-14-20(22)21-19(15-26-27(23,24)25)18-13-9-11-16-10-7-8-12-17(16)18;1-2/h7-13,19H,2-6,14-15H2,1H3,(H,21,22)(H2,23,24,25);1-2H3. The van der Waals surface area contributed by atoms with Crippen molar-refractivity contribution in [2.75, 3.05) is 6.61 Å². The Balaban J connectivity index is 0.00000204. The number of nitrogens with one attached hydrogen (secondary N) is 1. The Hall–Kier alpha value is -1.72. The van der Waals surface area contributed by atoms with Gasteiger partial charge in [-0.2, -0.15) is 0 Å². The first-order chi connectivity index (χ1) is 13.9. The van der Waals surface area contributed by atoms with Crippen molar-refractivity contribution < 1.29 is 23.7 Å². The highest BCUT2D eigenvalue weighted by molar-refractivity contribution is 7.46. The van der Waals surface area contributed by atoms with Crippen LogP contribution in [0.25, 0.3) is 10.8 Å². The van der Waals surface area contributed by atoms with Crippen molar-refractivity contribution in [3.05, 3.63) is 48.0 Å². The second-order valence-corrected chi connectivity index (χ2v) is 7.88. The van der Waals surface area contributed by atoms with E-state index >= 15 is 0 Å². The molecule has 2 rings (SSSR count). The van der Waals surface area contributed by atoms with E-state index in [0.717, 1.165) is 48.4 Å². The van der Waals surface area contributed by atoms with E-state index in [4.69, 9.17) is 14.3 Å². The zero-order chi connectivity index (χ0) is 21.7. The van der Waals surface area contributed by atoms with E-state index in [1.807, 2.05) is 56.3 Å². The predicted octanol–water partition coefficient (Wildman–Crippen LogP) is 5.49. The molecule has 3 N–H and O–H groups in total. The SMILES string of the molecule is CC.CCCCCCCC(=O)NC(COP(=O)(O)O)c1cccc2ccccc12. The van der Waals surface area contributed by atoms with Crippen molar-refractivity contribution >= 4 is 24.5 Å². The number of carbonyl (C=O) groups excluding carboxylic acids is 1. The molecule has 2 aromatic rings. The largest absolute Gasteiger partial charge is 0.469 e. The van der Waals surface area contributed by atoms with Crippen LogP contribution in [0.4, 0.5) is 0 Å². The van der Waals surface area contributed by atoms with Crippen LogP contribution < -0.4 is 5.32 Å². The summed E-state index contributed by atoms with van der Waals surface area (Å²) in [6.45, 7) is 5.85. The number of phosphoric acid groups is 1. The summed E-state index contributed by atoms with van der Waals surface area (Å²) in [4.78, 5) is 30.5. The summed E-state index contributed by atoms with van der Waals surface area (Å²) in [7, 11) is -4.63. The van der Waals surface area contributed by atoms with E-state index in [0.29, 0.717) is 6.42 Å². The number of rotatable bonds is 11. The molecule has 0 aliphatic heterocycles. The fourth-order valence-corrected chi connectivity index (χ4v) is 3.43. The molecule has 1 amide bonds. The fourth-order valence-electron chi connectivity index (χ4n) is 3.09. The lowest BCUT2D eigenvalue weighted by Crippen LogP contribution is -2.31. The maximum Gasteiger partial charge on any atom is 0.469 e. The molecule has 0 fully saturated rings.